The molecule has 1 N–H and O–H groups in total. The fourth-order valence-electron chi connectivity index (χ4n) is 1.86. The number of hydrogen-bond donors (Lipinski definition) is 1. The number of hydrogen-bond acceptors (Lipinski definition) is 6. The number of hydrazone groups is 1. The molecule has 0 saturated heterocycles. The molecular weight excluding hydrogens is 294 g/mol. The van der Waals surface area contributed by atoms with Crippen LogP contribution in [0.15, 0.2) is 41.5 Å². The van der Waals surface area contributed by atoms with Gasteiger partial charge in [-0.1, -0.05) is 17.7 Å². The minimum absolute atomic E-state index is 0.0390. The maximum atomic E-state index is 11.1. The summed E-state index contributed by atoms with van der Waals surface area (Å²) >= 11 is 0. The molecule has 0 bridgehead atoms. The van der Waals surface area contributed by atoms with Crippen molar-refractivity contribution in [3.8, 4) is 12.1 Å². The minimum Gasteiger partial charge on any atom is -0.279 e. The van der Waals surface area contributed by atoms with Crippen LogP contribution in [0.5, 0.6) is 0 Å². The third-order valence-corrected chi connectivity index (χ3v) is 3.05. The number of nitro benzene ring substituents is 1. The van der Waals surface area contributed by atoms with Gasteiger partial charge in [0, 0.05) is 6.07 Å². The van der Waals surface area contributed by atoms with Gasteiger partial charge in [0.15, 0.2) is 0 Å². The van der Waals surface area contributed by atoms with E-state index in [4.69, 9.17) is 10.5 Å². The van der Waals surface area contributed by atoms with Crippen molar-refractivity contribution < 1.29 is 4.92 Å². The van der Waals surface area contributed by atoms with Crippen molar-refractivity contribution in [3.63, 3.8) is 0 Å². The summed E-state index contributed by atoms with van der Waals surface area (Å²) in [5, 5.41) is 33.0. The van der Waals surface area contributed by atoms with E-state index in [-0.39, 0.29) is 22.4 Å². The first kappa shape index (κ1) is 15.7. The first-order valence-corrected chi connectivity index (χ1v) is 6.53. The summed E-state index contributed by atoms with van der Waals surface area (Å²) in [5.41, 5.74) is 4.46. The van der Waals surface area contributed by atoms with Gasteiger partial charge in [-0.2, -0.15) is 15.6 Å². The molecule has 7 heteroatoms. The van der Waals surface area contributed by atoms with Gasteiger partial charge >= 0.3 is 0 Å². The van der Waals surface area contributed by atoms with Crippen molar-refractivity contribution >= 4 is 17.6 Å². The first-order chi connectivity index (χ1) is 11.0. The second-order valence-corrected chi connectivity index (χ2v) is 4.67. The standard InChI is InChI=1S/C16H11N5O2/c1-11-2-4-15(5-3-11)20-19-10-14-6-12(8-17)13(9-18)7-16(14)21(22)23/h2-7,10,20H,1H3/b19-10+. The second kappa shape index (κ2) is 6.83. The van der Waals surface area contributed by atoms with Crippen LogP contribution in [0.2, 0.25) is 0 Å². The number of rotatable bonds is 4. The van der Waals surface area contributed by atoms with Crippen molar-refractivity contribution in [2.45, 2.75) is 6.92 Å². The highest BCUT2D eigenvalue weighted by Gasteiger charge is 2.17. The Morgan fingerprint density at radius 3 is 2.35 bits per heavy atom. The Hall–Kier alpha value is -3.71. The normalized spacial score (nSPS) is 10.0. The molecule has 2 aromatic carbocycles. The van der Waals surface area contributed by atoms with E-state index in [2.05, 4.69) is 10.5 Å². The first-order valence-electron chi connectivity index (χ1n) is 6.53. The number of anilines is 1. The molecule has 0 aromatic heterocycles. The third kappa shape index (κ3) is 3.69. The van der Waals surface area contributed by atoms with E-state index >= 15 is 0 Å². The summed E-state index contributed by atoms with van der Waals surface area (Å²) in [4.78, 5) is 10.5. The Morgan fingerprint density at radius 2 is 1.78 bits per heavy atom. The van der Waals surface area contributed by atoms with Crippen molar-refractivity contribution in [1.29, 1.82) is 10.5 Å². The maximum Gasteiger partial charge on any atom is 0.279 e. The highest BCUT2D eigenvalue weighted by atomic mass is 16.6. The Kier molecular flexibility index (Phi) is 4.66. The fourth-order valence-corrected chi connectivity index (χ4v) is 1.86. The molecule has 0 spiro atoms. The van der Waals surface area contributed by atoms with Gasteiger partial charge in [0.05, 0.1) is 33.5 Å². The largest absolute Gasteiger partial charge is 0.279 e. The van der Waals surface area contributed by atoms with Gasteiger partial charge in [0.1, 0.15) is 12.1 Å². The number of nitriles is 2. The quantitative estimate of drug-likeness (QED) is 0.529. The molecule has 0 unspecified atom stereocenters. The molecule has 2 rings (SSSR count). The molecule has 23 heavy (non-hydrogen) atoms. The van der Waals surface area contributed by atoms with Gasteiger partial charge in [-0.25, -0.2) is 0 Å². The number of nitrogens with one attached hydrogen (secondary N) is 1. The van der Waals surface area contributed by atoms with Crippen LogP contribution in [0.25, 0.3) is 0 Å². The summed E-state index contributed by atoms with van der Waals surface area (Å²) in [6.45, 7) is 1.95. The van der Waals surface area contributed by atoms with Gasteiger partial charge in [-0.15, -0.1) is 0 Å². The van der Waals surface area contributed by atoms with Gasteiger partial charge < -0.3 is 0 Å². The van der Waals surface area contributed by atoms with E-state index in [0.717, 1.165) is 17.3 Å². The molecule has 0 aliphatic heterocycles. The van der Waals surface area contributed by atoms with Crippen LogP contribution in [0.1, 0.15) is 22.3 Å². The van der Waals surface area contributed by atoms with Crippen LogP contribution >= 0.6 is 0 Å². The van der Waals surface area contributed by atoms with Gasteiger partial charge in [-0.3, -0.25) is 15.5 Å². The summed E-state index contributed by atoms with van der Waals surface area (Å²) in [7, 11) is 0. The lowest BCUT2D eigenvalue weighted by Gasteiger charge is -2.02. The molecule has 0 radical (unpaired) electrons. The Morgan fingerprint density at radius 1 is 1.17 bits per heavy atom. The van der Waals surface area contributed by atoms with Crippen LogP contribution in [0.3, 0.4) is 0 Å². The molecule has 0 saturated carbocycles. The Bertz CT molecular complexity index is 858. The average molecular weight is 305 g/mol. The predicted molar refractivity (Wildman–Crippen MR) is 84.9 cm³/mol. The average Bonchev–Trinajstić information content (AvgIpc) is 2.55. The highest BCUT2D eigenvalue weighted by Crippen LogP contribution is 2.22. The zero-order valence-corrected chi connectivity index (χ0v) is 12.1. The van der Waals surface area contributed by atoms with Crippen molar-refractivity contribution in [3.05, 3.63) is 68.8 Å². The Labute approximate surface area is 132 Å². The van der Waals surface area contributed by atoms with Crippen LogP contribution in [-0.2, 0) is 0 Å². The fraction of sp³-hybridized carbons (Fsp3) is 0.0625. The molecule has 2 aromatic rings. The van der Waals surface area contributed by atoms with Gasteiger partial charge in [-0.05, 0) is 25.1 Å². The van der Waals surface area contributed by atoms with Crippen LogP contribution in [0.4, 0.5) is 11.4 Å². The van der Waals surface area contributed by atoms with Crippen molar-refractivity contribution in [2.24, 2.45) is 5.10 Å². The lowest BCUT2D eigenvalue weighted by molar-refractivity contribution is -0.385. The topological polar surface area (TPSA) is 115 Å². The molecule has 0 aliphatic carbocycles. The lowest BCUT2D eigenvalue weighted by atomic mass is 10.0. The van der Waals surface area contributed by atoms with E-state index in [1.165, 1.54) is 12.3 Å². The number of benzene rings is 2. The van der Waals surface area contributed by atoms with Gasteiger partial charge in [0.25, 0.3) is 5.69 Å². The Balaban J connectivity index is 2.33. The zero-order valence-electron chi connectivity index (χ0n) is 12.1. The number of aryl methyl sites for hydroxylation is 1. The predicted octanol–water partition coefficient (Wildman–Crippen LogP) is 3.09. The summed E-state index contributed by atoms with van der Waals surface area (Å²) in [5.74, 6) is 0. The van der Waals surface area contributed by atoms with Crippen molar-refractivity contribution in [2.75, 3.05) is 5.43 Å². The molecule has 0 atom stereocenters. The zero-order chi connectivity index (χ0) is 16.8. The molecule has 0 amide bonds. The van der Waals surface area contributed by atoms with E-state index in [9.17, 15) is 10.1 Å². The van der Waals surface area contributed by atoms with E-state index in [0.29, 0.717) is 0 Å². The summed E-state index contributed by atoms with van der Waals surface area (Å²) in [6.07, 6.45) is 1.25. The van der Waals surface area contributed by atoms with Crippen LogP contribution in [0, 0.1) is 39.7 Å². The number of nitro groups is 1. The second-order valence-electron chi connectivity index (χ2n) is 4.67. The molecule has 0 heterocycles. The maximum absolute atomic E-state index is 11.1. The molecule has 0 aliphatic rings. The van der Waals surface area contributed by atoms with Crippen LogP contribution in [-0.4, -0.2) is 11.1 Å². The lowest BCUT2D eigenvalue weighted by Crippen LogP contribution is -1.99. The molecule has 7 nitrogen and oxygen atoms in total. The SMILES string of the molecule is Cc1ccc(N/N=C/c2cc(C#N)c(C#N)cc2[N+](=O)[O-])cc1. The summed E-state index contributed by atoms with van der Waals surface area (Å²) in [6, 6.07) is 13.4. The molecular formula is C16H11N5O2. The number of nitrogens with zero attached hydrogens (tertiary/aromatic N) is 4. The van der Waals surface area contributed by atoms with E-state index < -0.39 is 4.92 Å². The van der Waals surface area contributed by atoms with Gasteiger partial charge in [0.2, 0.25) is 0 Å². The monoisotopic (exact) mass is 305 g/mol. The highest BCUT2D eigenvalue weighted by molar-refractivity contribution is 5.87. The minimum atomic E-state index is -0.616. The van der Waals surface area contributed by atoms with Crippen molar-refractivity contribution in [1.82, 2.24) is 0 Å². The summed E-state index contributed by atoms with van der Waals surface area (Å²) < 4.78 is 0. The third-order valence-electron chi connectivity index (χ3n) is 3.05. The smallest absolute Gasteiger partial charge is 0.279 e. The van der Waals surface area contributed by atoms with Crippen LogP contribution < -0.4 is 5.43 Å². The van der Waals surface area contributed by atoms with E-state index in [1.54, 1.807) is 6.07 Å². The molecule has 0 fully saturated rings. The van der Waals surface area contributed by atoms with E-state index in [1.807, 2.05) is 37.3 Å². The molecule has 112 valence electrons.